The number of carbonyl (C=O) groups excluding carboxylic acids is 1. The Morgan fingerprint density at radius 3 is 2.33 bits per heavy atom. The molecule has 2 atom stereocenters. The third kappa shape index (κ3) is 4.51. The van der Waals surface area contributed by atoms with Crippen LogP contribution in [0.5, 0.6) is 0 Å². The van der Waals surface area contributed by atoms with Crippen LogP contribution < -0.4 is 5.73 Å². The van der Waals surface area contributed by atoms with Gasteiger partial charge >= 0.3 is 6.03 Å². The molecule has 150 valence electrons. The fourth-order valence-electron chi connectivity index (χ4n) is 3.80. The highest BCUT2D eigenvalue weighted by molar-refractivity contribution is 7.88. The molecule has 1 aromatic rings. The van der Waals surface area contributed by atoms with E-state index >= 15 is 0 Å². The molecule has 2 amide bonds. The number of nitrogens with two attached hydrogens (primary N) is 1. The smallest absolute Gasteiger partial charge is 0.320 e. The van der Waals surface area contributed by atoms with E-state index in [1.165, 1.54) is 10.6 Å². The van der Waals surface area contributed by atoms with Crippen LogP contribution in [0.15, 0.2) is 18.2 Å². The lowest BCUT2D eigenvalue weighted by Crippen LogP contribution is -2.53. The zero-order chi connectivity index (χ0) is 19.8. The largest absolute Gasteiger partial charge is 0.330 e. The van der Waals surface area contributed by atoms with E-state index in [2.05, 4.69) is 0 Å². The van der Waals surface area contributed by atoms with Gasteiger partial charge in [-0.05, 0) is 30.2 Å². The Balaban J connectivity index is 1.67. The van der Waals surface area contributed by atoms with Crippen molar-refractivity contribution in [3.63, 3.8) is 0 Å². The van der Waals surface area contributed by atoms with Gasteiger partial charge in [-0.3, -0.25) is 0 Å². The molecule has 3 rings (SSSR count). The number of carbonyl (C=O) groups is 1. The van der Waals surface area contributed by atoms with Crippen LogP contribution in [0.25, 0.3) is 0 Å². The highest BCUT2D eigenvalue weighted by Gasteiger charge is 2.38. The molecule has 0 aromatic heterocycles. The van der Waals surface area contributed by atoms with Crippen molar-refractivity contribution in [2.24, 2.45) is 11.7 Å². The first-order valence-electron chi connectivity index (χ1n) is 8.84. The van der Waals surface area contributed by atoms with Crippen molar-refractivity contribution in [2.45, 2.75) is 5.92 Å². The molecule has 2 aliphatic heterocycles. The normalized spacial score (nSPS) is 24.4. The summed E-state index contributed by atoms with van der Waals surface area (Å²) in [7, 11) is -3.22. The Labute approximate surface area is 170 Å². The van der Waals surface area contributed by atoms with E-state index < -0.39 is 10.0 Å². The summed E-state index contributed by atoms with van der Waals surface area (Å²) in [6.07, 6.45) is 1.19. The van der Waals surface area contributed by atoms with Gasteiger partial charge in [-0.25, -0.2) is 13.2 Å². The average Bonchev–Trinajstić information content (AvgIpc) is 3.07. The Morgan fingerprint density at radius 1 is 1.11 bits per heavy atom. The van der Waals surface area contributed by atoms with E-state index in [-0.39, 0.29) is 17.9 Å². The molecule has 2 saturated heterocycles. The minimum atomic E-state index is -3.22. The van der Waals surface area contributed by atoms with Gasteiger partial charge in [0.1, 0.15) is 0 Å². The highest BCUT2D eigenvalue weighted by atomic mass is 35.5. The maximum absolute atomic E-state index is 12.9. The molecule has 0 spiro atoms. The van der Waals surface area contributed by atoms with Crippen molar-refractivity contribution < 1.29 is 13.2 Å². The molecule has 0 bridgehead atoms. The van der Waals surface area contributed by atoms with Crippen LogP contribution >= 0.6 is 23.2 Å². The van der Waals surface area contributed by atoms with Crippen LogP contribution in [0.1, 0.15) is 11.5 Å². The first-order valence-corrected chi connectivity index (χ1v) is 11.4. The Bertz CT molecular complexity index is 812. The minimum Gasteiger partial charge on any atom is -0.330 e. The Hall–Kier alpha value is -1.06. The van der Waals surface area contributed by atoms with Crippen LogP contribution in [0.4, 0.5) is 4.79 Å². The van der Waals surface area contributed by atoms with Gasteiger partial charge in [0, 0.05) is 45.2 Å². The van der Waals surface area contributed by atoms with Crippen molar-refractivity contribution >= 4 is 39.3 Å². The monoisotopic (exact) mass is 434 g/mol. The number of amides is 2. The predicted molar refractivity (Wildman–Crippen MR) is 107 cm³/mol. The first kappa shape index (κ1) is 20.7. The second kappa shape index (κ2) is 8.13. The molecule has 10 heteroatoms. The van der Waals surface area contributed by atoms with E-state index in [0.717, 1.165) is 5.56 Å². The standard InChI is InChI=1S/C17H24Cl2N4O3S/c1-27(25,26)23-6-4-21(5-7-23)17(24)22-10-13(9-20)14(11-22)12-2-3-15(18)16(19)8-12/h2-3,8,13-14H,4-7,9-11,20H2,1H3. The minimum absolute atomic E-state index is 0.0656. The topological polar surface area (TPSA) is 87.0 Å². The van der Waals surface area contributed by atoms with E-state index in [1.54, 1.807) is 15.9 Å². The third-order valence-electron chi connectivity index (χ3n) is 5.36. The molecule has 27 heavy (non-hydrogen) atoms. The van der Waals surface area contributed by atoms with Gasteiger partial charge in [-0.2, -0.15) is 4.31 Å². The number of halogens is 2. The third-order valence-corrected chi connectivity index (χ3v) is 7.41. The van der Waals surface area contributed by atoms with Crippen molar-refractivity contribution in [3.05, 3.63) is 33.8 Å². The van der Waals surface area contributed by atoms with Crippen molar-refractivity contribution in [1.29, 1.82) is 0 Å². The van der Waals surface area contributed by atoms with E-state index in [9.17, 15) is 13.2 Å². The molecule has 2 unspecified atom stereocenters. The Kier molecular flexibility index (Phi) is 6.22. The number of benzene rings is 1. The van der Waals surface area contributed by atoms with Crippen molar-refractivity contribution in [3.8, 4) is 0 Å². The number of sulfonamides is 1. The second-order valence-electron chi connectivity index (χ2n) is 7.11. The van der Waals surface area contributed by atoms with Crippen LogP contribution in [-0.4, -0.2) is 80.6 Å². The van der Waals surface area contributed by atoms with Gasteiger partial charge in [0.25, 0.3) is 0 Å². The summed E-state index contributed by atoms with van der Waals surface area (Å²) < 4.78 is 24.7. The molecule has 2 heterocycles. The molecule has 2 aliphatic rings. The number of hydrogen-bond acceptors (Lipinski definition) is 4. The average molecular weight is 435 g/mol. The van der Waals surface area contributed by atoms with Gasteiger partial charge in [0.15, 0.2) is 0 Å². The lowest BCUT2D eigenvalue weighted by Gasteiger charge is -2.35. The van der Waals surface area contributed by atoms with Gasteiger partial charge in [-0.15, -0.1) is 0 Å². The maximum Gasteiger partial charge on any atom is 0.320 e. The van der Waals surface area contributed by atoms with Crippen LogP contribution in [0, 0.1) is 5.92 Å². The molecule has 0 radical (unpaired) electrons. The fraction of sp³-hybridized carbons (Fsp3) is 0.588. The lowest BCUT2D eigenvalue weighted by atomic mass is 9.89. The number of likely N-dealkylation sites (tertiary alicyclic amines) is 1. The summed E-state index contributed by atoms with van der Waals surface area (Å²) in [5.41, 5.74) is 6.98. The summed E-state index contributed by atoms with van der Waals surface area (Å²) in [6.45, 7) is 3.05. The van der Waals surface area contributed by atoms with Crippen LogP contribution in [0.2, 0.25) is 10.0 Å². The molecule has 2 N–H and O–H groups in total. The van der Waals surface area contributed by atoms with Gasteiger partial charge in [0.05, 0.1) is 16.3 Å². The van der Waals surface area contributed by atoms with Gasteiger partial charge < -0.3 is 15.5 Å². The molecule has 1 aromatic carbocycles. The van der Waals surface area contributed by atoms with Crippen molar-refractivity contribution in [2.75, 3.05) is 52.1 Å². The fourth-order valence-corrected chi connectivity index (χ4v) is 4.93. The molecule has 0 aliphatic carbocycles. The molecular weight excluding hydrogens is 411 g/mol. The van der Waals surface area contributed by atoms with E-state index in [0.29, 0.717) is 55.9 Å². The summed E-state index contributed by atoms with van der Waals surface area (Å²) in [6, 6.07) is 5.47. The van der Waals surface area contributed by atoms with Crippen LogP contribution in [-0.2, 0) is 10.0 Å². The van der Waals surface area contributed by atoms with E-state index in [1.807, 2.05) is 12.1 Å². The summed E-state index contributed by atoms with van der Waals surface area (Å²) in [4.78, 5) is 16.4. The first-order chi connectivity index (χ1) is 12.7. The molecule has 0 saturated carbocycles. The molecule has 7 nitrogen and oxygen atoms in total. The number of urea groups is 1. The second-order valence-corrected chi connectivity index (χ2v) is 9.91. The number of nitrogens with zero attached hydrogens (tertiary/aromatic N) is 3. The Morgan fingerprint density at radius 2 is 1.78 bits per heavy atom. The van der Waals surface area contributed by atoms with Crippen LogP contribution in [0.3, 0.4) is 0 Å². The summed E-state index contributed by atoms with van der Waals surface area (Å²) in [5.74, 6) is 0.245. The summed E-state index contributed by atoms with van der Waals surface area (Å²) in [5, 5.41) is 0.992. The van der Waals surface area contributed by atoms with Gasteiger partial charge in [0.2, 0.25) is 10.0 Å². The van der Waals surface area contributed by atoms with E-state index in [4.69, 9.17) is 28.9 Å². The zero-order valence-electron chi connectivity index (χ0n) is 15.1. The van der Waals surface area contributed by atoms with Crippen molar-refractivity contribution in [1.82, 2.24) is 14.1 Å². The highest BCUT2D eigenvalue weighted by Crippen LogP contribution is 2.35. The number of piperazine rings is 1. The predicted octanol–water partition coefficient (Wildman–Crippen LogP) is 1.66. The summed E-state index contributed by atoms with van der Waals surface area (Å²) >= 11 is 12.2. The lowest BCUT2D eigenvalue weighted by molar-refractivity contribution is 0.141. The van der Waals surface area contributed by atoms with Gasteiger partial charge in [-0.1, -0.05) is 29.3 Å². The maximum atomic E-state index is 12.9. The molecule has 2 fully saturated rings. The number of rotatable bonds is 3. The SMILES string of the molecule is CS(=O)(=O)N1CCN(C(=O)N2CC(CN)C(c3ccc(Cl)c(Cl)c3)C2)CC1. The zero-order valence-corrected chi connectivity index (χ0v) is 17.5. The quantitative estimate of drug-likeness (QED) is 0.783. The molecular formula is C17H24Cl2N4O3S. The number of hydrogen-bond donors (Lipinski definition) is 1.